The molecule has 2 atom stereocenters. The minimum Gasteiger partial charge on any atom is -0.480 e. The molecule has 5 nitrogen and oxygen atoms in total. The SMILES string of the molecule is CC(C)C1SCC(C(=O)O)N1C(=O)c1ccc(CO)cc1. The normalized spacial score (nSPS) is 21.8. The molecule has 114 valence electrons. The van der Waals surface area contributed by atoms with Gasteiger partial charge in [-0.05, 0) is 23.6 Å². The number of carbonyl (C=O) groups is 2. The van der Waals surface area contributed by atoms with Gasteiger partial charge >= 0.3 is 5.97 Å². The fourth-order valence-electron chi connectivity index (χ4n) is 2.39. The van der Waals surface area contributed by atoms with Gasteiger partial charge in [-0.1, -0.05) is 26.0 Å². The summed E-state index contributed by atoms with van der Waals surface area (Å²) in [4.78, 5) is 25.5. The first-order valence-corrected chi connectivity index (χ1v) is 7.87. The third-order valence-corrected chi connectivity index (χ3v) is 5.13. The summed E-state index contributed by atoms with van der Waals surface area (Å²) in [6.45, 7) is 3.88. The van der Waals surface area contributed by atoms with Crippen molar-refractivity contribution in [3.63, 3.8) is 0 Å². The third kappa shape index (κ3) is 3.22. The fourth-order valence-corrected chi connectivity index (χ4v) is 3.86. The number of thioether (sulfide) groups is 1. The summed E-state index contributed by atoms with van der Waals surface area (Å²) in [7, 11) is 0. The number of aliphatic hydroxyl groups excluding tert-OH is 1. The lowest BCUT2D eigenvalue weighted by molar-refractivity contribution is -0.141. The van der Waals surface area contributed by atoms with E-state index in [0.717, 1.165) is 5.56 Å². The number of carboxylic acids is 1. The molecule has 0 saturated carbocycles. The van der Waals surface area contributed by atoms with Gasteiger partial charge in [0.2, 0.25) is 0 Å². The maximum Gasteiger partial charge on any atom is 0.327 e. The Morgan fingerprint density at radius 2 is 1.95 bits per heavy atom. The van der Waals surface area contributed by atoms with E-state index in [9.17, 15) is 14.7 Å². The van der Waals surface area contributed by atoms with Crippen LogP contribution in [0.15, 0.2) is 24.3 Å². The van der Waals surface area contributed by atoms with Crippen LogP contribution in [-0.4, -0.2) is 44.2 Å². The molecule has 0 radical (unpaired) electrons. The van der Waals surface area contributed by atoms with Crippen molar-refractivity contribution in [1.82, 2.24) is 4.90 Å². The van der Waals surface area contributed by atoms with E-state index in [-0.39, 0.29) is 23.8 Å². The molecule has 0 bridgehead atoms. The summed E-state index contributed by atoms with van der Waals surface area (Å²) < 4.78 is 0. The number of rotatable bonds is 4. The van der Waals surface area contributed by atoms with Crippen LogP contribution in [0.2, 0.25) is 0 Å². The van der Waals surface area contributed by atoms with Crippen LogP contribution in [0.25, 0.3) is 0 Å². The largest absolute Gasteiger partial charge is 0.480 e. The van der Waals surface area contributed by atoms with Crippen LogP contribution in [0.4, 0.5) is 0 Å². The average molecular weight is 309 g/mol. The first kappa shape index (κ1) is 15.9. The van der Waals surface area contributed by atoms with Crippen molar-refractivity contribution in [3.05, 3.63) is 35.4 Å². The van der Waals surface area contributed by atoms with E-state index in [1.807, 2.05) is 13.8 Å². The molecule has 2 N–H and O–H groups in total. The Bertz CT molecular complexity index is 529. The molecule has 1 aromatic carbocycles. The van der Waals surface area contributed by atoms with Gasteiger partial charge in [0, 0.05) is 11.3 Å². The number of nitrogens with zero attached hydrogens (tertiary/aromatic N) is 1. The Hall–Kier alpha value is -1.53. The molecule has 0 aliphatic carbocycles. The van der Waals surface area contributed by atoms with Gasteiger partial charge in [0.1, 0.15) is 6.04 Å². The number of aliphatic hydroxyl groups is 1. The molecule has 1 amide bonds. The van der Waals surface area contributed by atoms with Crippen LogP contribution in [-0.2, 0) is 11.4 Å². The second-order valence-corrected chi connectivity index (χ2v) is 6.54. The number of carboxylic acid groups (broad SMARTS) is 1. The van der Waals surface area contributed by atoms with Crippen molar-refractivity contribution < 1.29 is 19.8 Å². The summed E-state index contributed by atoms with van der Waals surface area (Å²) in [6.07, 6.45) is 0. The van der Waals surface area contributed by atoms with E-state index in [1.54, 1.807) is 24.3 Å². The van der Waals surface area contributed by atoms with Crippen molar-refractivity contribution in [3.8, 4) is 0 Å². The van der Waals surface area contributed by atoms with Gasteiger partial charge in [0.15, 0.2) is 0 Å². The minimum atomic E-state index is -0.967. The Kier molecular flexibility index (Phi) is 4.90. The molecule has 1 fully saturated rings. The van der Waals surface area contributed by atoms with E-state index in [4.69, 9.17) is 5.11 Å². The highest BCUT2D eigenvalue weighted by Gasteiger charge is 2.43. The Morgan fingerprint density at radius 3 is 2.43 bits per heavy atom. The first-order valence-electron chi connectivity index (χ1n) is 6.82. The molecule has 6 heteroatoms. The third-order valence-electron chi connectivity index (χ3n) is 3.51. The van der Waals surface area contributed by atoms with E-state index in [2.05, 4.69) is 0 Å². The summed E-state index contributed by atoms with van der Waals surface area (Å²) in [6, 6.07) is 5.83. The van der Waals surface area contributed by atoms with E-state index in [1.165, 1.54) is 16.7 Å². The highest BCUT2D eigenvalue weighted by atomic mass is 32.2. The highest BCUT2D eigenvalue weighted by molar-refractivity contribution is 8.00. The van der Waals surface area contributed by atoms with Crippen LogP contribution >= 0.6 is 11.8 Å². The lowest BCUT2D eigenvalue weighted by atomic mass is 10.1. The van der Waals surface area contributed by atoms with Crippen LogP contribution < -0.4 is 0 Å². The number of hydrogen-bond donors (Lipinski definition) is 2. The molecule has 1 saturated heterocycles. The predicted molar refractivity (Wildman–Crippen MR) is 81.0 cm³/mol. The number of aliphatic carboxylic acids is 1. The molecule has 1 aliphatic rings. The maximum absolute atomic E-state index is 12.7. The number of hydrogen-bond acceptors (Lipinski definition) is 4. The molecule has 1 heterocycles. The van der Waals surface area contributed by atoms with Crippen molar-refractivity contribution in [1.29, 1.82) is 0 Å². The zero-order valence-corrected chi connectivity index (χ0v) is 12.8. The Morgan fingerprint density at radius 1 is 1.33 bits per heavy atom. The van der Waals surface area contributed by atoms with Crippen LogP contribution in [0.1, 0.15) is 29.8 Å². The van der Waals surface area contributed by atoms with E-state index >= 15 is 0 Å². The molecule has 1 aromatic rings. The first-order chi connectivity index (χ1) is 9.95. The van der Waals surface area contributed by atoms with Gasteiger partial charge in [-0.2, -0.15) is 0 Å². The lowest BCUT2D eigenvalue weighted by Gasteiger charge is -2.29. The van der Waals surface area contributed by atoms with Gasteiger partial charge in [0.05, 0.1) is 12.0 Å². The molecule has 2 rings (SSSR count). The van der Waals surface area contributed by atoms with Gasteiger partial charge in [-0.3, -0.25) is 4.79 Å². The predicted octanol–water partition coefficient (Wildman–Crippen LogP) is 1.80. The summed E-state index contributed by atoms with van der Waals surface area (Å²) in [5.41, 5.74) is 1.17. The topological polar surface area (TPSA) is 77.8 Å². The van der Waals surface area contributed by atoms with E-state index < -0.39 is 12.0 Å². The Labute approximate surface area is 128 Å². The summed E-state index contributed by atoms with van der Waals surface area (Å²) in [5, 5.41) is 18.2. The molecule has 0 spiro atoms. The summed E-state index contributed by atoms with van der Waals surface area (Å²) in [5.74, 6) is -0.639. The number of carbonyl (C=O) groups excluding carboxylic acids is 1. The number of benzene rings is 1. The van der Waals surface area contributed by atoms with E-state index in [0.29, 0.717) is 11.3 Å². The maximum atomic E-state index is 12.7. The van der Waals surface area contributed by atoms with Gasteiger partial charge in [-0.25, -0.2) is 4.79 Å². The standard InChI is InChI=1S/C15H19NO4S/c1-9(2)14-16(12(8-21-14)15(19)20)13(18)11-5-3-10(7-17)4-6-11/h3-6,9,12,14,17H,7-8H2,1-2H3,(H,19,20). The zero-order valence-electron chi connectivity index (χ0n) is 12.0. The van der Waals surface area contributed by atoms with Gasteiger partial charge in [0.25, 0.3) is 5.91 Å². The lowest BCUT2D eigenvalue weighted by Crippen LogP contribution is -2.47. The molecule has 1 aliphatic heterocycles. The molecular weight excluding hydrogens is 290 g/mol. The van der Waals surface area contributed by atoms with Crippen molar-refractivity contribution in [2.24, 2.45) is 5.92 Å². The number of amides is 1. The second kappa shape index (κ2) is 6.49. The molecule has 2 unspecified atom stereocenters. The molecule has 21 heavy (non-hydrogen) atoms. The smallest absolute Gasteiger partial charge is 0.327 e. The fraction of sp³-hybridized carbons (Fsp3) is 0.467. The second-order valence-electron chi connectivity index (χ2n) is 5.39. The highest BCUT2D eigenvalue weighted by Crippen LogP contribution is 2.35. The van der Waals surface area contributed by atoms with Crippen molar-refractivity contribution in [2.75, 3.05) is 5.75 Å². The monoisotopic (exact) mass is 309 g/mol. The quantitative estimate of drug-likeness (QED) is 0.887. The van der Waals surface area contributed by atoms with Crippen LogP contribution in [0.3, 0.4) is 0 Å². The van der Waals surface area contributed by atoms with Gasteiger partial charge in [-0.15, -0.1) is 11.8 Å². The van der Waals surface area contributed by atoms with Gasteiger partial charge < -0.3 is 15.1 Å². The van der Waals surface area contributed by atoms with Crippen molar-refractivity contribution in [2.45, 2.75) is 31.9 Å². The minimum absolute atomic E-state index is 0.0829. The summed E-state index contributed by atoms with van der Waals surface area (Å²) >= 11 is 1.51. The zero-order chi connectivity index (χ0) is 15.6. The average Bonchev–Trinajstić information content (AvgIpc) is 2.91. The van der Waals surface area contributed by atoms with Crippen LogP contribution in [0, 0.1) is 5.92 Å². The molecule has 0 aromatic heterocycles. The van der Waals surface area contributed by atoms with Crippen molar-refractivity contribution >= 4 is 23.6 Å². The van der Waals surface area contributed by atoms with Crippen LogP contribution in [0.5, 0.6) is 0 Å². The Balaban J connectivity index is 2.29. The molecular formula is C15H19NO4S.